The van der Waals surface area contributed by atoms with Crippen LogP contribution in [0.5, 0.6) is 0 Å². The maximum Gasteiger partial charge on any atom is 0.253 e. The summed E-state index contributed by atoms with van der Waals surface area (Å²) in [6.07, 6.45) is 5.48. The van der Waals surface area contributed by atoms with Crippen molar-refractivity contribution in [1.82, 2.24) is 24.6 Å². The van der Waals surface area contributed by atoms with Crippen LogP contribution in [0, 0.1) is 0 Å². The van der Waals surface area contributed by atoms with Crippen LogP contribution in [0.3, 0.4) is 0 Å². The van der Waals surface area contributed by atoms with E-state index in [4.69, 9.17) is 4.98 Å². The van der Waals surface area contributed by atoms with Crippen LogP contribution in [0.15, 0.2) is 67.0 Å². The van der Waals surface area contributed by atoms with E-state index in [2.05, 4.69) is 16.1 Å². The number of aromatic amines is 1. The molecule has 1 aliphatic rings. The van der Waals surface area contributed by atoms with E-state index in [1.54, 1.807) is 10.9 Å². The molecule has 0 saturated carbocycles. The zero-order valence-electron chi connectivity index (χ0n) is 15.5. The Balaban J connectivity index is 1.25. The van der Waals surface area contributed by atoms with Gasteiger partial charge < -0.3 is 9.88 Å². The van der Waals surface area contributed by atoms with Gasteiger partial charge in [-0.15, -0.1) is 0 Å². The van der Waals surface area contributed by atoms with Crippen molar-refractivity contribution in [2.45, 2.75) is 18.8 Å². The van der Waals surface area contributed by atoms with Gasteiger partial charge in [0.1, 0.15) is 5.82 Å². The number of rotatable bonds is 3. The van der Waals surface area contributed by atoms with Gasteiger partial charge in [-0.3, -0.25) is 4.79 Å². The number of H-pyrrole nitrogens is 1. The Morgan fingerprint density at radius 3 is 2.50 bits per heavy atom. The summed E-state index contributed by atoms with van der Waals surface area (Å²) < 4.78 is 1.78. The van der Waals surface area contributed by atoms with Crippen LogP contribution >= 0.6 is 0 Å². The highest BCUT2D eigenvalue weighted by Crippen LogP contribution is 2.28. The third-order valence-electron chi connectivity index (χ3n) is 5.46. The number of para-hydroxylation sites is 2. The topological polar surface area (TPSA) is 66.8 Å². The monoisotopic (exact) mass is 371 g/mol. The van der Waals surface area contributed by atoms with E-state index < -0.39 is 0 Å². The second-order valence-electron chi connectivity index (χ2n) is 7.20. The minimum atomic E-state index is 0.0927. The number of carbonyl (C=O) groups excluding carboxylic acids is 1. The number of imidazole rings is 1. The Kier molecular flexibility index (Phi) is 4.16. The first kappa shape index (κ1) is 16.7. The lowest BCUT2D eigenvalue weighted by Crippen LogP contribution is -2.38. The zero-order chi connectivity index (χ0) is 18.9. The van der Waals surface area contributed by atoms with Gasteiger partial charge in [-0.25, -0.2) is 9.67 Å². The molecule has 140 valence electrons. The smallest absolute Gasteiger partial charge is 0.253 e. The maximum atomic E-state index is 12.9. The van der Waals surface area contributed by atoms with Crippen molar-refractivity contribution in [2.24, 2.45) is 0 Å². The molecule has 6 heteroatoms. The van der Waals surface area contributed by atoms with E-state index in [1.165, 1.54) is 0 Å². The summed E-state index contributed by atoms with van der Waals surface area (Å²) in [7, 11) is 0. The van der Waals surface area contributed by atoms with Gasteiger partial charge in [0.15, 0.2) is 0 Å². The van der Waals surface area contributed by atoms with Crippen molar-refractivity contribution in [3.8, 4) is 5.69 Å². The lowest BCUT2D eigenvalue weighted by molar-refractivity contribution is 0.0711. The quantitative estimate of drug-likeness (QED) is 0.596. The Morgan fingerprint density at radius 1 is 1.00 bits per heavy atom. The Hall–Kier alpha value is -3.41. The fourth-order valence-electron chi connectivity index (χ4n) is 3.88. The SMILES string of the molecule is O=C(c1ccc(-n2cccn2)cc1)N1CCC(c2nc3ccccc3[nH]2)CC1. The minimum Gasteiger partial charge on any atom is -0.342 e. The lowest BCUT2D eigenvalue weighted by atomic mass is 9.95. The lowest BCUT2D eigenvalue weighted by Gasteiger charge is -2.31. The number of nitrogens with zero attached hydrogens (tertiary/aromatic N) is 4. The highest BCUT2D eigenvalue weighted by atomic mass is 16.2. The second kappa shape index (κ2) is 6.96. The molecule has 4 aromatic rings. The average molecular weight is 371 g/mol. The standard InChI is InChI=1S/C22H21N5O/c28-22(17-6-8-18(9-7-17)27-13-3-12-23-27)26-14-10-16(11-15-26)21-24-19-4-1-2-5-20(19)25-21/h1-9,12-13,16H,10-11,14-15H2,(H,24,25). The Labute approximate surface area is 162 Å². The number of piperidine rings is 1. The summed E-state index contributed by atoms with van der Waals surface area (Å²) in [6.45, 7) is 1.50. The van der Waals surface area contributed by atoms with Crippen molar-refractivity contribution < 1.29 is 4.79 Å². The van der Waals surface area contributed by atoms with Crippen molar-refractivity contribution in [1.29, 1.82) is 0 Å². The second-order valence-corrected chi connectivity index (χ2v) is 7.20. The molecule has 6 nitrogen and oxygen atoms in total. The number of aromatic nitrogens is 4. The van der Waals surface area contributed by atoms with Crippen LogP contribution in [0.1, 0.15) is 34.9 Å². The highest BCUT2D eigenvalue weighted by molar-refractivity contribution is 5.94. The average Bonchev–Trinajstić information content (AvgIpc) is 3.43. The fraction of sp³-hybridized carbons (Fsp3) is 0.227. The number of carbonyl (C=O) groups is 1. The first-order valence-corrected chi connectivity index (χ1v) is 9.62. The molecular formula is C22H21N5O. The number of hydrogen-bond donors (Lipinski definition) is 1. The van der Waals surface area contributed by atoms with Gasteiger partial charge >= 0.3 is 0 Å². The van der Waals surface area contributed by atoms with Gasteiger partial charge in [-0.1, -0.05) is 12.1 Å². The molecule has 28 heavy (non-hydrogen) atoms. The number of nitrogens with one attached hydrogen (secondary N) is 1. The van der Waals surface area contributed by atoms with E-state index in [9.17, 15) is 4.79 Å². The molecule has 3 heterocycles. The third-order valence-corrected chi connectivity index (χ3v) is 5.46. The van der Waals surface area contributed by atoms with Crippen molar-refractivity contribution >= 4 is 16.9 Å². The van der Waals surface area contributed by atoms with E-state index in [0.717, 1.165) is 54.0 Å². The highest BCUT2D eigenvalue weighted by Gasteiger charge is 2.26. The molecule has 1 aliphatic heterocycles. The van der Waals surface area contributed by atoms with Gasteiger partial charge in [-0.05, 0) is 55.3 Å². The molecular weight excluding hydrogens is 350 g/mol. The normalized spacial score (nSPS) is 15.2. The van der Waals surface area contributed by atoms with Crippen molar-refractivity contribution in [3.05, 3.63) is 78.4 Å². The Morgan fingerprint density at radius 2 is 1.79 bits per heavy atom. The van der Waals surface area contributed by atoms with E-state index in [0.29, 0.717) is 5.92 Å². The van der Waals surface area contributed by atoms with Gasteiger partial charge in [-0.2, -0.15) is 5.10 Å². The molecule has 1 fully saturated rings. The van der Waals surface area contributed by atoms with E-state index in [1.807, 2.05) is 59.6 Å². The maximum absolute atomic E-state index is 12.9. The van der Waals surface area contributed by atoms with Crippen LogP contribution in [0.2, 0.25) is 0 Å². The molecule has 1 amide bonds. The first-order valence-electron chi connectivity index (χ1n) is 9.62. The number of likely N-dealkylation sites (tertiary alicyclic amines) is 1. The molecule has 0 bridgehead atoms. The third kappa shape index (κ3) is 3.07. The van der Waals surface area contributed by atoms with Crippen LogP contribution in [-0.4, -0.2) is 43.6 Å². The molecule has 1 N–H and O–H groups in total. The predicted octanol–water partition coefficient (Wildman–Crippen LogP) is 3.77. The molecule has 5 rings (SSSR count). The molecule has 0 unspecified atom stereocenters. The van der Waals surface area contributed by atoms with Crippen LogP contribution in [0.4, 0.5) is 0 Å². The summed E-state index contributed by atoms with van der Waals surface area (Å²) in [5, 5.41) is 4.22. The predicted molar refractivity (Wildman–Crippen MR) is 108 cm³/mol. The number of fused-ring (bicyclic) bond motifs is 1. The van der Waals surface area contributed by atoms with Gasteiger partial charge in [0.25, 0.3) is 5.91 Å². The van der Waals surface area contributed by atoms with Crippen LogP contribution in [-0.2, 0) is 0 Å². The summed E-state index contributed by atoms with van der Waals surface area (Å²) >= 11 is 0. The van der Waals surface area contributed by atoms with Crippen molar-refractivity contribution in [2.75, 3.05) is 13.1 Å². The number of amides is 1. The summed E-state index contributed by atoms with van der Waals surface area (Å²) in [5.41, 5.74) is 3.75. The molecule has 0 radical (unpaired) electrons. The first-order chi connectivity index (χ1) is 13.8. The molecule has 0 atom stereocenters. The van der Waals surface area contributed by atoms with Gasteiger partial charge in [0.05, 0.1) is 16.7 Å². The number of hydrogen-bond acceptors (Lipinski definition) is 3. The summed E-state index contributed by atoms with van der Waals surface area (Å²) in [6, 6.07) is 17.6. The van der Waals surface area contributed by atoms with Crippen LogP contribution < -0.4 is 0 Å². The molecule has 1 saturated heterocycles. The molecule has 2 aromatic carbocycles. The molecule has 0 spiro atoms. The van der Waals surface area contributed by atoms with Crippen LogP contribution in [0.25, 0.3) is 16.7 Å². The summed E-state index contributed by atoms with van der Waals surface area (Å²) in [5.74, 6) is 1.51. The number of benzene rings is 2. The molecule has 2 aromatic heterocycles. The van der Waals surface area contributed by atoms with E-state index >= 15 is 0 Å². The summed E-state index contributed by atoms with van der Waals surface area (Å²) in [4.78, 5) is 23.0. The minimum absolute atomic E-state index is 0.0927. The van der Waals surface area contributed by atoms with Gasteiger partial charge in [0.2, 0.25) is 0 Å². The zero-order valence-corrected chi connectivity index (χ0v) is 15.5. The van der Waals surface area contributed by atoms with Gasteiger partial charge in [0, 0.05) is 37.0 Å². The van der Waals surface area contributed by atoms with E-state index in [-0.39, 0.29) is 5.91 Å². The largest absolute Gasteiger partial charge is 0.342 e. The Bertz CT molecular complexity index is 1060. The fourth-order valence-corrected chi connectivity index (χ4v) is 3.88. The van der Waals surface area contributed by atoms with Crippen molar-refractivity contribution in [3.63, 3.8) is 0 Å². The molecule has 0 aliphatic carbocycles.